The number of phosphoric acid groups is 2. The van der Waals surface area contributed by atoms with Crippen molar-refractivity contribution in [1.29, 1.82) is 0 Å². The molecule has 0 rings (SSSR count). The average Bonchev–Trinajstić information content (AvgIpc) is 3.70. The van der Waals surface area contributed by atoms with Gasteiger partial charge in [0.25, 0.3) is 0 Å². The number of aliphatic hydroxyl groups excluding tert-OH is 1. The Hall–Kier alpha value is -1.94. The van der Waals surface area contributed by atoms with Crippen molar-refractivity contribution < 1.29 is 80.2 Å². The van der Waals surface area contributed by atoms with Gasteiger partial charge in [-0.15, -0.1) is 0 Å². The number of carbonyl (C=O) groups excluding carboxylic acids is 4. The lowest BCUT2D eigenvalue weighted by Gasteiger charge is -2.21. The zero-order valence-corrected chi connectivity index (χ0v) is 59.1. The van der Waals surface area contributed by atoms with Crippen LogP contribution < -0.4 is 0 Å². The van der Waals surface area contributed by atoms with E-state index in [9.17, 15) is 43.2 Å². The van der Waals surface area contributed by atoms with E-state index in [0.29, 0.717) is 25.7 Å². The first-order valence-corrected chi connectivity index (χ1v) is 38.7. The lowest BCUT2D eigenvalue weighted by Crippen LogP contribution is -2.30. The van der Waals surface area contributed by atoms with Gasteiger partial charge in [-0.3, -0.25) is 37.3 Å². The van der Waals surface area contributed by atoms with E-state index in [4.69, 9.17) is 37.0 Å². The second-order valence-corrected chi connectivity index (χ2v) is 29.5. The van der Waals surface area contributed by atoms with Gasteiger partial charge in [0.05, 0.1) is 26.4 Å². The average molecular weight is 1300 g/mol. The number of hydrogen-bond acceptors (Lipinski definition) is 15. The van der Waals surface area contributed by atoms with Crippen molar-refractivity contribution in [3.63, 3.8) is 0 Å². The molecule has 0 aromatic heterocycles. The molecule has 0 saturated heterocycles. The van der Waals surface area contributed by atoms with Crippen molar-refractivity contribution in [2.75, 3.05) is 39.6 Å². The zero-order valence-electron chi connectivity index (χ0n) is 57.3. The van der Waals surface area contributed by atoms with Gasteiger partial charge in [-0.1, -0.05) is 287 Å². The van der Waals surface area contributed by atoms with Gasteiger partial charge in [0.15, 0.2) is 12.2 Å². The highest BCUT2D eigenvalue weighted by Gasteiger charge is 2.30. The summed E-state index contributed by atoms with van der Waals surface area (Å²) in [6, 6.07) is 0. The summed E-state index contributed by atoms with van der Waals surface area (Å²) in [7, 11) is -9.90. The number of aliphatic hydroxyl groups is 1. The number of rotatable bonds is 66. The van der Waals surface area contributed by atoms with Crippen LogP contribution in [0.15, 0.2) is 0 Å². The van der Waals surface area contributed by atoms with Crippen LogP contribution in [0.3, 0.4) is 0 Å². The number of ether oxygens (including phenoxy) is 4. The molecule has 0 aliphatic rings. The highest BCUT2D eigenvalue weighted by molar-refractivity contribution is 7.47. The second-order valence-electron chi connectivity index (χ2n) is 26.6. The molecule has 17 nitrogen and oxygen atoms in total. The second kappa shape index (κ2) is 58.8. The monoisotopic (exact) mass is 1300 g/mol. The molecule has 0 aliphatic carbocycles. The summed E-state index contributed by atoms with van der Waals surface area (Å²) < 4.78 is 68.2. The van der Waals surface area contributed by atoms with E-state index in [1.165, 1.54) is 135 Å². The molecule has 0 aromatic rings. The summed E-state index contributed by atoms with van der Waals surface area (Å²) in [4.78, 5) is 72.5. The van der Waals surface area contributed by atoms with Gasteiger partial charge in [-0.2, -0.15) is 0 Å². The van der Waals surface area contributed by atoms with Crippen molar-refractivity contribution in [2.45, 2.75) is 356 Å². The van der Waals surface area contributed by atoms with Crippen LogP contribution in [0.25, 0.3) is 0 Å². The van der Waals surface area contributed by atoms with E-state index in [1.807, 2.05) is 0 Å². The summed E-state index contributed by atoms with van der Waals surface area (Å²) in [5, 5.41) is 10.6. The minimum absolute atomic E-state index is 0.103. The molecule has 0 saturated carbocycles. The van der Waals surface area contributed by atoms with Gasteiger partial charge in [0.2, 0.25) is 0 Å². The standard InChI is InChI=1S/C69H134O17P2/c1-9-62(8)48-40-32-27-28-34-42-50-67(72)80-56-65(86-69(74)52-44-36-26-20-19-23-31-39-47-61(6)7)58-84-88(77,78)82-54-63(70)53-81-87(75,76)83-57-64(55-79-66(71)49-41-33-24-17-14-13-16-22-30-38-46-60(4)5)85-68(73)51-43-35-25-18-12-10-11-15-21-29-37-45-59(2)3/h59-65,70H,9-58H2,1-8H3,(H,75,76)(H,77,78)/t62?,63-,64-,65-/m1/s1. The molecule has 0 aromatic carbocycles. The molecule has 3 N–H and O–H groups in total. The van der Waals surface area contributed by atoms with Gasteiger partial charge in [0.1, 0.15) is 19.3 Å². The third-order valence-corrected chi connectivity index (χ3v) is 18.1. The Morgan fingerprint density at radius 1 is 0.318 bits per heavy atom. The Kier molecular flexibility index (Phi) is 57.6. The van der Waals surface area contributed by atoms with Crippen molar-refractivity contribution in [2.24, 2.45) is 23.7 Å². The Morgan fingerprint density at radius 2 is 0.545 bits per heavy atom. The van der Waals surface area contributed by atoms with Crippen LogP contribution in [-0.4, -0.2) is 96.7 Å². The predicted octanol–water partition coefficient (Wildman–Crippen LogP) is 19.3. The van der Waals surface area contributed by atoms with Crippen LogP contribution in [0.2, 0.25) is 0 Å². The van der Waals surface area contributed by atoms with Gasteiger partial charge in [-0.05, 0) is 49.4 Å². The molecule has 19 heteroatoms. The summed E-state index contributed by atoms with van der Waals surface area (Å²) in [6.45, 7) is 14.1. The molecule has 0 heterocycles. The van der Waals surface area contributed by atoms with Crippen molar-refractivity contribution >= 4 is 39.5 Å². The van der Waals surface area contributed by atoms with E-state index < -0.39 is 97.5 Å². The van der Waals surface area contributed by atoms with Crippen LogP contribution in [-0.2, 0) is 65.4 Å². The highest BCUT2D eigenvalue weighted by atomic mass is 31.2. The van der Waals surface area contributed by atoms with Crippen LogP contribution in [0, 0.1) is 23.7 Å². The van der Waals surface area contributed by atoms with Gasteiger partial charge in [0, 0.05) is 25.7 Å². The maximum absolute atomic E-state index is 13.0. The predicted molar refractivity (Wildman–Crippen MR) is 354 cm³/mol. The first kappa shape index (κ1) is 86.1. The molecule has 3 unspecified atom stereocenters. The van der Waals surface area contributed by atoms with E-state index in [0.717, 1.165) is 120 Å². The van der Waals surface area contributed by atoms with Gasteiger partial charge in [-0.25, -0.2) is 9.13 Å². The van der Waals surface area contributed by atoms with E-state index in [2.05, 4.69) is 55.4 Å². The number of hydrogen-bond donors (Lipinski definition) is 3. The topological polar surface area (TPSA) is 237 Å². The third kappa shape index (κ3) is 61.6. The maximum Gasteiger partial charge on any atom is 0.472 e. The summed E-state index contributed by atoms with van der Waals surface area (Å²) in [5.74, 6) is 0.840. The van der Waals surface area contributed by atoms with E-state index in [1.54, 1.807) is 0 Å². The number of carbonyl (C=O) groups is 4. The SMILES string of the molecule is CCC(C)CCCCCCCCC(=O)OC[C@H](COP(=O)(O)OC[C@H](O)COP(=O)(O)OC[C@@H](COC(=O)CCCCCCCCCCCCC(C)C)OC(=O)CCCCCCCCCCCCCC(C)C)OC(=O)CCCCCCCCCCC(C)C. The normalized spacial score (nSPS) is 14.6. The largest absolute Gasteiger partial charge is 0.472 e. The summed E-state index contributed by atoms with van der Waals surface area (Å²) in [6.07, 6.45) is 40.3. The molecular weight excluding hydrogens is 1160 g/mol. The fourth-order valence-corrected chi connectivity index (χ4v) is 11.9. The maximum atomic E-state index is 13.0. The first-order chi connectivity index (χ1) is 42.1. The highest BCUT2D eigenvalue weighted by Crippen LogP contribution is 2.45. The Bertz CT molecular complexity index is 1750. The fourth-order valence-electron chi connectivity index (χ4n) is 10.3. The molecule has 522 valence electrons. The van der Waals surface area contributed by atoms with Crippen LogP contribution in [0.5, 0.6) is 0 Å². The van der Waals surface area contributed by atoms with Gasteiger partial charge >= 0.3 is 39.5 Å². The molecule has 0 amide bonds. The first-order valence-electron chi connectivity index (χ1n) is 35.7. The van der Waals surface area contributed by atoms with Crippen molar-refractivity contribution in [3.8, 4) is 0 Å². The van der Waals surface area contributed by atoms with Crippen molar-refractivity contribution in [3.05, 3.63) is 0 Å². The Morgan fingerprint density at radius 3 is 0.807 bits per heavy atom. The quantitative estimate of drug-likeness (QED) is 0.0222. The number of esters is 4. The van der Waals surface area contributed by atoms with E-state index in [-0.39, 0.29) is 25.7 Å². The van der Waals surface area contributed by atoms with E-state index >= 15 is 0 Å². The lowest BCUT2D eigenvalue weighted by atomic mass is 10.00. The molecule has 88 heavy (non-hydrogen) atoms. The van der Waals surface area contributed by atoms with Crippen LogP contribution >= 0.6 is 15.6 Å². The smallest absolute Gasteiger partial charge is 0.462 e. The van der Waals surface area contributed by atoms with Gasteiger partial charge < -0.3 is 33.8 Å². The molecule has 0 radical (unpaired) electrons. The molecule has 0 spiro atoms. The summed E-state index contributed by atoms with van der Waals surface area (Å²) >= 11 is 0. The molecule has 0 fully saturated rings. The fraction of sp³-hybridized carbons (Fsp3) is 0.942. The number of phosphoric ester groups is 2. The lowest BCUT2D eigenvalue weighted by molar-refractivity contribution is -0.161. The third-order valence-electron chi connectivity index (χ3n) is 16.2. The minimum Gasteiger partial charge on any atom is -0.462 e. The Labute approximate surface area is 537 Å². The molecule has 0 bridgehead atoms. The van der Waals surface area contributed by atoms with Crippen LogP contribution in [0.4, 0.5) is 0 Å². The van der Waals surface area contributed by atoms with Crippen molar-refractivity contribution in [1.82, 2.24) is 0 Å². The Balaban J connectivity index is 5.27. The summed E-state index contributed by atoms with van der Waals surface area (Å²) in [5.41, 5.74) is 0. The molecule has 0 aliphatic heterocycles. The zero-order chi connectivity index (χ0) is 65.4. The molecule has 6 atom stereocenters. The minimum atomic E-state index is -4.95. The number of unbranched alkanes of at least 4 members (excludes halogenated alkanes) is 31. The van der Waals surface area contributed by atoms with Crippen LogP contribution in [0.1, 0.15) is 338 Å². The molecular formula is C69H134O17P2.